The highest BCUT2D eigenvalue weighted by Gasteiger charge is 2.29. The van der Waals surface area contributed by atoms with Crippen molar-refractivity contribution < 1.29 is 14.0 Å². The first-order valence-electron chi connectivity index (χ1n) is 10.5. The fourth-order valence-electron chi connectivity index (χ4n) is 4.06. The normalized spacial score (nSPS) is 18.8. The lowest BCUT2D eigenvalue weighted by atomic mass is 9.90. The molecule has 4 rings (SSSR count). The molecule has 1 atom stereocenters. The van der Waals surface area contributed by atoms with Crippen LogP contribution >= 0.6 is 11.3 Å². The highest BCUT2D eigenvalue weighted by molar-refractivity contribution is 7.15. The van der Waals surface area contributed by atoms with Crippen LogP contribution in [-0.4, -0.2) is 47.9 Å². The summed E-state index contributed by atoms with van der Waals surface area (Å²) in [4.78, 5) is 34.8. The van der Waals surface area contributed by atoms with E-state index < -0.39 is 0 Å². The first-order valence-corrected chi connectivity index (χ1v) is 11.3. The average molecular weight is 431 g/mol. The summed E-state index contributed by atoms with van der Waals surface area (Å²) in [6.45, 7) is 6.65. The number of aryl methyl sites for hydroxylation is 2. The number of nitrogens with zero attached hydrogens (tertiary/aromatic N) is 3. The monoisotopic (exact) mass is 430 g/mol. The van der Waals surface area contributed by atoms with Crippen LogP contribution in [0.5, 0.6) is 0 Å². The van der Waals surface area contributed by atoms with Crippen molar-refractivity contribution in [3.63, 3.8) is 0 Å². The number of carbonyl (C=O) groups excluding carboxylic acids is 2. The zero-order valence-corrected chi connectivity index (χ0v) is 18.2. The lowest BCUT2D eigenvalue weighted by Gasteiger charge is -2.34. The minimum atomic E-state index is -0.271. The number of aromatic nitrogens is 1. The van der Waals surface area contributed by atoms with E-state index in [9.17, 15) is 14.0 Å². The van der Waals surface area contributed by atoms with Gasteiger partial charge in [0.25, 0.3) is 0 Å². The Hall–Kier alpha value is -2.48. The van der Waals surface area contributed by atoms with Crippen LogP contribution in [0, 0.1) is 18.7 Å². The third kappa shape index (κ3) is 4.33. The quantitative estimate of drug-likeness (QED) is 0.808. The van der Waals surface area contributed by atoms with Gasteiger partial charge < -0.3 is 15.1 Å². The molecule has 2 aromatic rings. The number of rotatable bonds is 4. The molecule has 2 heterocycles. The summed E-state index contributed by atoms with van der Waals surface area (Å²) in [5.74, 6) is -0.186. The third-order valence-electron chi connectivity index (χ3n) is 5.93. The van der Waals surface area contributed by atoms with Crippen LogP contribution in [-0.2, 0) is 22.4 Å². The van der Waals surface area contributed by atoms with Gasteiger partial charge in [0.2, 0.25) is 11.8 Å². The molecule has 2 aliphatic rings. The number of carbonyl (C=O) groups is 2. The van der Waals surface area contributed by atoms with Gasteiger partial charge in [0, 0.05) is 49.1 Å². The molecule has 6 nitrogen and oxygen atoms in total. The number of thiazole rings is 1. The number of nitrogens with one attached hydrogen (secondary N) is 1. The van der Waals surface area contributed by atoms with Crippen molar-refractivity contribution in [3.05, 3.63) is 40.2 Å². The Morgan fingerprint density at radius 3 is 2.73 bits per heavy atom. The first-order chi connectivity index (χ1) is 14.4. The van der Waals surface area contributed by atoms with Crippen LogP contribution in [0.25, 0.3) is 0 Å². The molecule has 2 amide bonds. The smallest absolute Gasteiger partial charge is 0.227 e. The van der Waals surface area contributed by atoms with Crippen molar-refractivity contribution in [3.8, 4) is 0 Å². The number of hydrogen-bond donors (Lipinski definition) is 1. The summed E-state index contributed by atoms with van der Waals surface area (Å²) in [5, 5.41) is 3.93. The molecule has 1 aromatic heterocycles. The van der Waals surface area contributed by atoms with Crippen molar-refractivity contribution >= 4 is 34.0 Å². The maximum absolute atomic E-state index is 13.4. The number of halogens is 1. The Labute approximate surface area is 180 Å². The number of amides is 2. The molecule has 0 saturated carbocycles. The summed E-state index contributed by atoms with van der Waals surface area (Å²) < 4.78 is 13.4. The lowest BCUT2D eigenvalue weighted by molar-refractivity contribution is -0.131. The van der Waals surface area contributed by atoms with E-state index in [2.05, 4.69) is 10.2 Å². The molecule has 1 aliphatic heterocycles. The molecule has 1 fully saturated rings. The number of anilines is 2. The molecule has 1 N–H and O–H groups in total. The summed E-state index contributed by atoms with van der Waals surface area (Å²) in [6, 6.07) is 4.64. The molecular weight excluding hydrogens is 403 g/mol. The van der Waals surface area contributed by atoms with E-state index in [0.717, 1.165) is 49.8 Å². The third-order valence-corrected chi connectivity index (χ3v) is 7.11. The predicted molar refractivity (Wildman–Crippen MR) is 116 cm³/mol. The lowest BCUT2D eigenvalue weighted by Crippen LogP contribution is -2.48. The first kappa shape index (κ1) is 20.8. The van der Waals surface area contributed by atoms with Gasteiger partial charge in [-0.25, -0.2) is 9.37 Å². The van der Waals surface area contributed by atoms with Gasteiger partial charge in [-0.2, -0.15) is 0 Å². The van der Waals surface area contributed by atoms with E-state index in [1.54, 1.807) is 30.4 Å². The fraction of sp³-hybridized carbons (Fsp3) is 0.500. The van der Waals surface area contributed by atoms with Crippen LogP contribution in [0.15, 0.2) is 18.2 Å². The molecule has 0 bridgehead atoms. The number of piperazine rings is 1. The highest BCUT2D eigenvalue weighted by Crippen LogP contribution is 2.35. The van der Waals surface area contributed by atoms with Gasteiger partial charge in [0.15, 0.2) is 5.13 Å². The predicted octanol–water partition coefficient (Wildman–Crippen LogP) is 3.39. The maximum Gasteiger partial charge on any atom is 0.227 e. The second-order valence-electron chi connectivity index (χ2n) is 7.98. The van der Waals surface area contributed by atoms with Crippen LogP contribution in [0.2, 0.25) is 0 Å². The number of benzene rings is 1. The molecular formula is C22H27FN4O2S. The molecule has 30 heavy (non-hydrogen) atoms. The molecule has 1 aliphatic carbocycles. The van der Waals surface area contributed by atoms with E-state index >= 15 is 0 Å². The van der Waals surface area contributed by atoms with Crippen molar-refractivity contribution in [1.82, 2.24) is 9.88 Å². The Kier molecular flexibility index (Phi) is 6.04. The molecule has 1 aromatic carbocycles. The largest absolute Gasteiger partial charge is 0.345 e. The molecule has 1 saturated heterocycles. The van der Waals surface area contributed by atoms with Gasteiger partial charge in [-0.3, -0.25) is 9.59 Å². The van der Waals surface area contributed by atoms with Crippen molar-refractivity contribution in [2.75, 3.05) is 36.4 Å². The summed E-state index contributed by atoms with van der Waals surface area (Å²) in [7, 11) is 0. The Balaban J connectivity index is 1.37. The van der Waals surface area contributed by atoms with E-state index in [4.69, 9.17) is 4.98 Å². The van der Waals surface area contributed by atoms with Gasteiger partial charge in [0.1, 0.15) is 5.82 Å². The Morgan fingerprint density at radius 2 is 2.03 bits per heavy atom. The Morgan fingerprint density at radius 1 is 1.27 bits per heavy atom. The van der Waals surface area contributed by atoms with Crippen LogP contribution in [0.4, 0.5) is 15.2 Å². The number of fused-ring (bicyclic) bond motifs is 1. The van der Waals surface area contributed by atoms with E-state index in [-0.39, 0.29) is 23.5 Å². The summed E-state index contributed by atoms with van der Waals surface area (Å²) in [6.07, 6.45) is 2.79. The standard InChI is InChI=1S/C22H27FN4O2S/c1-3-20(28)26-8-10-27(11-9-26)22-25-18-7-4-15(13-19(18)30-22)21(29)24-16-5-6-17(23)14(2)12-16/h5-6,12,15H,3-4,7-11,13H2,1-2H3,(H,24,29)/t15-/m1/s1. The molecule has 8 heteroatoms. The van der Waals surface area contributed by atoms with Gasteiger partial charge in [-0.1, -0.05) is 6.92 Å². The van der Waals surface area contributed by atoms with Crippen molar-refractivity contribution in [2.24, 2.45) is 5.92 Å². The fourth-order valence-corrected chi connectivity index (χ4v) is 5.30. The minimum absolute atomic E-state index is 0.0201. The van der Waals surface area contributed by atoms with Gasteiger partial charge in [-0.05, 0) is 49.9 Å². The SMILES string of the molecule is CCC(=O)N1CCN(c2nc3c(s2)C[C@H](C(=O)Nc2ccc(F)c(C)c2)CC3)CC1. The average Bonchev–Trinajstić information content (AvgIpc) is 3.19. The van der Waals surface area contributed by atoms with E-state index in [1.807, 2.05) is 11.8 Å². The highest BCUT2D eigenvalue weighted by atomic mass is 32.1. The van der Waals surface area contributed by atoms with Crippen LogP contribution < -0.4 is 10.2 Å². The molecule has 160 valence electrons. The van der Waals surface area contributed by atoms with Crippen molar-refractivity contribution in [2.45, 2.75) is 39.5 Å². The summed E-state index contributed by atoms with van der Waals surface area (Å²) in [5.41, 5.74) is 2.25. The van der Waals surface area contributed by atoms with E-state index in [0.29, 0.717) is 24.1 Å². The zero-order chi connectivity index (χ0) is 21.3. The van der Waals surface area contributed by atoms with Gasteiger partial charge in [-0.15, -0.1) is 11.3 Å². The summed E-state index contributed by atoms with van der Waals surface area (Å²) >= 11 is 1.67. The van der Waals surface area contributed by atoms with Gasteiger partial charge in [0.05, 0.1) is 5.69 Å². The zero-order valence-electron chi connectivity index (χ0n) is 17.4. The molecule has 0 spiro atoms. The van der Waals surface area contributed by atoms with Crippen molar-refractivity contribution in [1.29, 1.82) is 0 Å². The van der Waals surface area contributed by atoms with Crippen LogP contribution in [0.3, 0.4) is 0 Å². The molecule has 0 unspecified atom stereocenters. The topological polar surface area (TPSA) is 65.5 Å². The molecule has 0 radical (unpaired) electrons. The van der Waals surface area contributed by atoms with E-state index in [1.165, 1.54) is 10.9 Å². The second kappa shape index (κ2) is 8.71. The second-order valence-corrected chi connectivity index (χ2v) is 9.04. The van der Waals surface area contributed by atoms with Crippen LogP contribution in [0.1, 0.15) is 35.9 Å². The Bertz CT molecular complexity index is 953. The number of hydrogen-bond acceptors (Lipinski definition) is 5. The maximum atomic E-state index is 13.4. The van der Waals surface area contributed by atoms with Gasteiger partial charge >= 0.3 is 0 Å². The minimum Gasteiger partial charge on any atom is -0.345 e.